The first-order chi connectivity index (χ1) is 16.0. The van der Waals surface area contributed by atoms with Gasteiger partial charge in [-0.3, -0.25) is 9.78 Å². The molecule has 2 aliphatic rings. The molecule has 1 unspecified atom stereocenters. The minimum atomic E-state index is -4.74. The lowest BCUT2D eigenvalue weighted by Crippen LogP contribution is -2.30. The molecule has 34 heavy (non-hydrogen) atoms. The lowest BCUT2D eigenvalue weighted by molar-refractivity contribution is -0.274. The van der Waals surface area contributed by atoms with Crippen molar-refractivity contribution in [2.75, 3.05) is 6.54 Å². The fourth-order valence-electron chi connectivity index (χ4n) is 3.75. The first-order valence-corrected chi connectivity index (χ1v) is 10.5. The summed E-state index contributed by atoms with van der Waals surface area (Å²) in [7, 11) is 0. The summed E-state index contributed by atoms with van der Waals surface area (Å²) >= 11 is 0. The van der Waals surface area contributed by atoms with Gasteiger partial charge in [-0.2, -0.15) is 4.98 Å². The van der Waals surface area contributed by atoms with E-state index in [9.17, 15) is 22.8 Å². The topological polar surface area (TPSA) is 102 Å². The van der Waals surface area contributed by atoms with E-state index < -0.39 is 17.6 Å². The first-order valence-electron chi connectivity index (χ1n) is 10.5. The second kappa shape index (κ2) is 8.90. The van der Waals surface area contributed by atoms with Gasteiger partial charge in [0.15, 0.2) is 11.5 Å². The van der Waals surface area contributed by atoms with Gasteiger partial charge in [0.05, 0.1) is 11.0 Å². The number of halogens is 3. The number of hydrogen-bond acceptors (Lipinski definition) is 6. The molecule has 2 aromatic carbocycles. The lowest BCUT2D eigenvalue weighted by Gasteiger charge is -2.20. The summed E-state index contributed by atoms with van der Waals surface area (Å²) in [5.41, 5.74) is 2.86. The molecule has 178 valence electrons. The van der Waals surface area contributed by atoms with Crippen LogP contribution in [0.25, 0.3) is 22.6 Å². The number of aryl methyl sites for hydroxylation is 2. The quantitative estimate of drug-likeness (QED) is 0.416. The number of aromatic amines is 1. The fraction of sp³-hybridized carbons (Fsp3) is 0.304. The van der Waals surface area contributed by atoms with E-state index in [1.807, 2.05) is 32.9 Å². The van der Waals surface area contributed by atoms with Crippen LogP contribution in [0.3, 0.4) is 0 Å². The van der Waals surface area contributed by atoms with Crippen molar-refractivity contribution in [3.63, 3.8) is 0 Å². The molecule has 2 N–H and O–H groups in total. The van der Waals surface area contributed by atoms with Gasteiger partial charge in [-0.15, -0.1) is 13.2 Å². The Morgan fingerprint density at radius 1 is 1.09 bits per heavy atom. The number of fused-ring (bicyclic) bond motifs is 2. The second-order valence-corrected chi connectivity index (χ2v) is 8.02. The molecule has 2 aromatic rings. The van der Waals surface area contributed by atoms with E-state index in [0.717, 1.165) is 22.2 Å². The molecule has 0 amide bonds. The average Bonchev–Trinajstić information content (AvgIpc) is 2.74. The number of ether oxygens (including phenoxy) is 1. The maximum Gasteiger partial charge on any atom is 0.573 e. The number of alkyl halides is 3. The molecular formula is C23H22F3N5O3. The number of nitrogens with one attached hydrogen (secondary N) is 2. The SMILES string of the molecule is Cc1cc2nc3c(=O)[nH]c(=O)nc-3n(CCNC(C)c3ccc(OC(F)(F)F)cc3)c2cc1C. The third-order valence-electron chi connectivity index (χ3n) is 5.62. The van der Waals surface area contributed by atoms with Gasteiger partial charge in [0.1, 0.15) is 5.75 Å². The molecule has 0 saturated heterocycles. The Labute approximate surface area is 191 Å². The highest BCUT2D eigenvalue weighted by atomic mass is 19.4. The second-order valence-electron chi connectivity index (χ2n) is 8.02. The Morgan fingerprint density at radius 2 is 1.76 bits per heavy atom. The van der Waals surface area contributed by atoms with Crippen molar-refractivity contribution in [1.29, 1.82) is 0 Å². The Bertz CT molecular complexity index is 1430. The van der Waals surface area contributed by atoms with Crippen molar-refractivity contribution in [2.24, 2.45) is 0 Å². The predicted molar refractivity (Wildman–Crippen MR) is 120 cm³/mol. The van der Waals surface area contributed by atoms with E-state index >= 15 is 0 Å². The van der Waals surface area contributed by atoms with Gasteiger partial charge in [0, 0.05) is 19.1 Å². The molecule has 8 nitrogen and oxygen atoms in total. The van der Waals surface area contributed by atoms with Crippen molar-refractivity contribution in [3.8, 4) is 17.3 Å². The zero-order valence-corrected chi connectivity index (χ0v) is 18.7. The van der Waals surface area contributed by atoms with E-state index in [4.69, 9.17) is 0 Å². The Morgan fingerprint density at radius 3 is 2.44 bits per heavy atom. The highest BCUT2D eigenvalue weighted by molar-refractivity contribution is 5.81. The average molecular weight is 473 g/mol. The Balaban J connectivity index is 1.59. The van der Waals surface area contributed by atoms with Crippen LogP contribution in [-0.2, 0) is 6.54 Å². The molecule has 11 heteroatoms. The van der Waals surface area contributed by atoms with Crippen LogP contribution in [0.1, 0.15) is 29.7 Å². The summed E-state index contributed by atoms with van der Waals surface area (Å²) in [5, 5.41) is 3.30. The van der Waals surface area contributed by atoms with Crippen LogP contribution < -0.4 is 21.3 Å². The van der Waals surface area contributed by atoms with Crippen LogP contribution in [0.15, 0.2) is 46.0 Å². The van der Waals surface area contributed by atoms with Crippen molar-refractivity contribution in [3.05, 3.63) is 73.9 Å². The standard InChI is InChI=1S/C23H22F3N5O3/c1-12-10-17-18(11-13(12)2)31(20-19(28-17)21(32)30-22(33)29-20)9-8-27-14(3)15-4-6-16(7-5-15)34-23(24,25)26/h4-7,10-11,14,27H,8-9H2,1-3H3,(H,30,32,33). The molecule has 2 heterocycles. The van der Waals surface area contributed by atoms with Gasteiger partial charge in [-0.25, -0.2) is 9.78 Å². The van der Waals surface area contributed by atoms with Gasteiger partial charge in [-0.1, -0.05) is 12.1 Å². The molecule has 0 aromatic heterocycles. The Kier molecular flexibility index (Phi) is 6.13. The molecule has 1 atom stereocenters. The highest BCUT2D eigenvalue weighted by Crippen LogP contribution is 2.25. The van der Waals surface area contributed by atoms with Crippen LogP contribution in [0.5, 0.6) is 5.75 Å². The normalized spacial score (nSPS) is 12.9. The van der Waals surface area contributed by atoms with E-state index in [-0.39, 0.29) is 23.3 Å². The molecule has 0 aliphatic carbocycles. The van der Waals surface area contributed by atoms with Crippen LogP contribution in [0.4, 0.5) is 13.2 Å². The summed E-state index contributed by atoms with van der Waals surface area (Å²) < 4.78 is 42.8. The fourth-order valence-corrected chi connectivity index (χ4v) is 3.75. The number of nitrogens with zero attached hydrogens (tertiary/aromatic N) is 3. The minimum absolute atomic E-state index is 0.0728. The van der Waals surface area contributed by atoms with E-state index in [0.29, 0.717) is 18.6 Å². The van der Waals surface area contributed by atoms with Crippen molar-refractivity contribution in [1.82, 2.24) is 24.8 Å². The lowest BCUT2D eigenvalue weighted by atomic mass is 10.1. The van der Waals surface area contributed by atoms with Crippen LogP contribution in [-0.4, -0.2) is 32.4 Å². The molecule has 0 bridgehead atoms. The Hall–Kier alpha value is -3.73. The maximum absolute atomic E-state index is 12.4. The van der Waals surface area contributed by atoms with Gasteiger partial charge < -0.3 is 14.6 Å². The largest absolute Gasteiger partial charge is 0.573 e. The van der Waals surface area contributed by atoms with Gasteiger partial charge in [-0.05, 0) is 61.7 Å². The molecule has 0 fully saturated rings. The summed E-state index contributed by atoms with van der Waals surface area (Å²) in [4.78, 5) is 34.8. The van der Waals surface area contributed by atoms with Gasteiger partial charge in [0.25, 0.3) is 5.56 Å². The zero-order chi connectivity index (χ0) is 24.6. The smallest absolute Gasteiger partial charge is 0.406 e. The molecular weight excluding hydrogens is 451 g/mol. The highest BCUT2D eigenvalue weighted by Gasteiger charge is 2.31. The molecule has 0 spiro atoms. The first kappa shape index (κ1) is 23.4. The molecule has 2 aliphatic heterocycles. The third kappa shape index (κ3) is 4.93. The number of aromatic nitrogens is 4. The number of benzene rings is 2. The van der Waals surface area contributed by atoms with Crippen LogP contribution in [0, 0.1) is 13.8 Å². The van der Waals surface area contributed by atoms with Gasteiger partial charge in [0.2, 0.25) is 0 Å². The van der Waals surface area contributed by atoms with Crippen LogP contribution in [0.2, 0.25) is 0 Å². The van der Waals surface area contributed by atoms with Crippen LogP contribution >= 0.6 is 0 Å². The number of H-pyrrole nitrogens is 1. The number of hydrogen-bond donors (Lipinski definition) is 2. The molecule has 0 saturated carbocycles. The molecule has 0 radical (unpaired) electrons. The predicted octanol–water partition coefficient (Wildman–Crippen LogP) is 3.45. The van der Waals surface area contributed by atoms with Crippen molar-refractivity contribution >= 4 is 11.0 Å². The van der Waals surface area contributed by atoms with Gasteiger partial charge >= 0.3 is 12.1 Å². The monoisotopic (exact) mass is 473 g/mol. The van der Waals surface area contributed by atoms with Crippen molar-refractivity contribution in [2.45, 2.75) is 39.7 Å². The van der Waals surface area contributed by atoms with E-state index in [2.05, 4.69) is 25.0 Å². The third-order valence-corrected chi connectivity index (χ3v) is 5.62. The summed E-state index contributed by atoms with van der Waals surface area (Å²) in [6.07, 6.45) is -4.74. The zero-order valence-electron chi connectivity index (χ0n) is 18.7. The number of rotatable bonds is 6. The minimum Gasteiger partial charge on any atom is -0.406 e. The summed E-state index contributed by atoms with van der Waals surface area (Å²) in [6.45, 7) is 6.58. The van der Waals surface area contributed by atoms with E-state index in [1.54, 1.807) is 16.7 Å². The summed E-state index contributed by atoms with van der Waals surface area (Å²) in [6, 6.07) is 9.27. The molecule has 4 rings (SSSR count). The van der Waals surface area contributed by atoms with Crippen molar-refractivity contribution < 1.29 is 17.9 Å². The van der Waals surface area contributed by atoms with E-state index in [1.165, 1.54) is 12.1 Å². The summed E-state index contributed by atoms with van der Waals surface area (Å²) in [5.74, 6) is -0.100. The maximum atomic E-state index is 12.4.